The van der Waals surface area contributed by atoms with E-state index >= 15 is 0 Å². The Morgan fingerprint density at radius 1 is 1.06 bits per heavy atom. The molecule has 2 rings (SSSR count). The zero-order valence-corrected chi connectivity index (χ0v) is 12.6. The van der Waals surface area contributed by atoms with Gasteiger partial charge in [0.05, 0.1) is 0 Å². The molecule has 0 aliphatic carbocycles. The largest absolute Gasteiger partial charge is 0.457 e. The molecule has 0 amide bonds. The van der Waals surface area contributed by atoms with Crippen molar-refractivity contribution in [3.63, 3.8) is 0 Å². The van der Waals surface area contributed by atoms with Crippen LogP contribution in [0.15, 0.2) is 42.5 Å². The lowest BCUT2D eigenvalue weighted by Crippen LogP contribution is -2.03. The van der Waals surface area contributed by atoms with Gasteiger partial charge in [0.15, 0.2) is 0 Å². The number of nitrogens with two attached hydrogens (primary N) is 1. The van der Waals surface area contributed by atoms with E-state index in [-0.39, 0.29) is 0 Å². The Bertz CT molecular complexity index is 528. The van der Waals surface area contributed by atoms with Crippen LogP contribution in [0.25, 0.3) is 0 Å². The molecule has 2 aromatic rings. The molecule has 0 spiro atoms. The summed E-state index contributed by atoms with van der Waals surface area (Å²) in [6.07, 6.45) is 0.780. The van der Waals surface area contributed by atoms with E-state index in [0.717, 1.165) is 23.5 Å². The summed E-state index contributed by atoms with van der Waals surface area (Å²) in [5.41, 5.74) is 6.56. The predicted molar refractivity (Wildman–Crippen MR) is 83.4 cm³/mol. The van der Waals surface area contributed by atoms with Gasteiger partial charge in [-0.25, -0.2) is 0 Å². The second kappa shape index (κ2) is 6.41. The summed E-state index contributed by atoms with van der Waals surface area (Å²) in [5.74, 6) is 1.54. The SMILES string of the molecule is NCCc1ccc(Oc2ccc(I)cc2)cc1Cl. The van der Waals surface area contributed by atoms with Gasteiger partial charge in [-0.2, -0.15) is 0 Å². The van der Waals surface area contributed by atoms with Gasteiger partial charge >= 0.3 is 0 Å². The van der Waals surface area contributed by atoms with E-state index in [1.54, 1.807) is 0 Å². The number of halogens is 2. The molecule has 2 aromatic carbocycles. The quantitative estimate of drug-likeness (QED) is 0.814. The number of benzene rings is 2. The highest BCUT2D eigenvalue weighted by Gasteiger charge is 2.03. The number of ether oxygens (including phenoxy) is 1. The normalized spacial score (nSPS) is 10.4. The van der Waals surface area contributed by atoms with Gasteiger partial charge in [0, 0.05) is 8.59 Å². The molecule has 2 N–H and O–H groups in total. The molecule has 0 saturated carbocycles. The number of hydrogen-bond donors (Lipinski definition) is 1. The molecule has 94 valence electrons. The number of rotatable bonds is 4. The molecule has 0 fully saturated rings. The average Bonchev–Trinajstić information content (AvgIpc) is 2.36. The van der Waals surface area contributed by atoms with E-state index in [9.17, 15) is 0 Å². The molecule has 0 heterocycles. The van der Waals surface area contributed by atoms with Crippen LogP contribution in [-0.2, 0) is 6.42 Å². The fourth-order valence-electron chi connectivity index (χ4n) is 1.59. The Morgan fingerprint density at radius 3 is 2.33 bits per heavy atom. The minimum absolute atomic E-state index is 0.594. The second-order valence-corrected chi connectivity index (χ2v) is 5.50. The molecule has 0 aliphatic heterocycles. The lowest BCUT2D eigenvalue weighted by atomic mass is 10.1. The van der Waals surface area contributed by atoms with Crippen molar-refractivity contribution in [1.82, 2.24) is 0 Å². The number of hydrogen-bond acceptors (Lipinski definition) is 2. The van der Waals surface area contributed by atoms with Crippen molar-refractivity contribution < 1.29 is 4.74 Å². The lowest BCUT2D eigenvalue weighted by Gasteiger charge is -2.08. The minimum atomic E-state index is 0.594. The molecule has 4 heteroatoms. The van der Waals surface area contributed by atoms with E-state index in [4.69, 9.17) is 22.1 Å². The van der Waals surface area contributed by atoms with Crippen molar-refractivity contribution >= 4 is 34.2 Å². The third-order valence-electron chi connectivity index (χ3n) is 2.49. The maximum absolute atomic E-state index is 6.16. The Labute approximate surface area is 125 Å². The molecule has 0 unspecified atom stereocenters. The van der Waals surface area contributed by atoms with Crippen molar-refractivity contribution in [1.29, 1.82) is 0 Å². The Hall–Kier alpha value is -0.780. The summed E-state index contributed by atoms with van der Waals surface area (Å²) in [6, 6.07) is 13.6. The van der Waals surface area contributed by atoms with Crippen molar-refractivity contribution in [2.75, 3.05) is 6.54 Å². The first-order chi connectivity index (χ1) is 8.69. The highest BCUT2D eigenvalue weighted by molar-refractivity contribution is 14.1. The Kier molecular flexibility index (Phi) is 4.86. The van der Waals surface area contributed by atoms with Crippen LogP contribution in [0.1, 0.15) is 5.56 Å². The molecule has 18 heavy (non-hydrogen) atoms. The zero-order chi connectivity index (χ0) is 13.0. The molecule has 0 saturated heterocycles. The van der Waals surface area contributed by atoms with Gasteiger partial charge in [0.2, 0.25) is 0 Å². The Morgan fingerprint density at radius 2 is 1.72 bits per heavy atom. The molecule has 0 bridgehead atoms. The maximum atomic E-state index is 6.16. The van der Waals surface area contributed by atoms with Gasteiger partial charge < -0.3 is 10.5 Å². The second-order valence-electron chi connectivity index (χ2n) is 3.85. The summed E-state index contributed by atoms with van der Waals surface area (Å²) < 4.78 is 6.91. The van der Waals surface area contributed by atoms with Crippen molar-refractivity contribution in [2.45, 2.75) is 6.42 Å². The fourth-order valence-corrected chi connectivity index (χ4v) is 2.21. The third-order valence-corrected chi connectivity index (χ3v) is 3.56. The first kappa shape index (κ1) is 13.6. The smallest absolute Gasteiger partial charge is 0.128 e. The van der Waals surface area contributed by atoms with Crippen molar-refractivity contribution in [3.8, 4) is 11.5 Å². The van der Waals surface area contributed by atoms with Gasteiger partial charge in [0.25, 0.3) is 0 Å². The van der Waals surface area contributed by atoms with E-state index in [1.807, 2.05) is 42.5 Å². The van der Waals surface area contributed by atoms with Crippen LogP contribution in [0.3, 0.4) is 0 Å². The summed E-state index contributed by atoms with van der Waals surface area (Å²) in [5, 5.41) is 0.698. The van der Waals surface area contributed by atoms with Crippen LogP contribution in [0.5, 0.6) is 11.5 Å². The summed E-state index contributed by atoms with van der Waals surface area (Å²) >= 11 is 8.42. The van der Waals surface area contributed by atoms with E-state index in [0.29, 0.717) is 11.6 Å². The van der Waals surface area contributed by atoms with E-state index < -0.39 is 0 Å². The molecular weight excluding hydrogens is 361 g/mol. The fraction of sp³-hybridized carbons (Fsp3) is 0.143. The van der Waals surface area contributed by atoms with Crippen molar-refractivity contribution in [2.24, 2.45) is 5.73 Å². The van der Waals surface area contributed by atoms with Crippen LogP contribution >= 0.6 is 34.2 Å². The first-order valence-corrected chi connectivity index (χ1v) is 7.06. The van der Waals surface area contributed by atoms with Crippen molar-refractivity contribution in [3.05, 3.63) is 56.6 Å². The molecule has 0 aliphatic rings. The zero-order valence-electron chi connectivity index (χ0n) is 9.70. The van der Waals surface area contributed by atoms with Gasteiger partial charge in [-0.05, 0) is 77.5 Å². The highest BCUT2D eigenvalue weighted by Crippen LogP contribution is 2.27. The van der Waals surface area contributed by atoms with E-state index in [2.05, 4.69) is 22.6 Å². The summed E-state index contributed by atoms with van der Waals surface area (Å²) in [4.78, 5) is 0. The first-order valence-electron chi connectivity index (χ1n) is 5.61. The molecular formula is C14H13ClINO. The van der Waals surface area contributed by atoms with E-state index in [1.165, 1.54) is 3.57 Å². The predicted octanol–water partition coefficient (Wildman–Crippen LogP) is 4.24. The standard InChI is InChI=1S/C14H13ClINO/c15-14-9-13(4-1-10(14)7-8-17)18-12-5-2-11(16)3-6-12/h1-6,9H,7-8,17H2. The topological polar surface area (TPSA) is 35.2 Å². The third kappa shape index (κ3) is 3.60. The maximum Gasteiger partial charge on any atom is 0.128 e. The molecule has 0 atom stereocenters. The van der Waals surface area contributed by atoms with Gasteiger partial charge in [-0.15, -0.1) is 0 Å². The Balaban J connectivity index is 2.14. The monoisotopic (exact) mass is 373 g/mol. The summed E-state index contributed by atoms with van der Waals surface area (Å²) in [6.45, 7) is 0.594. The molecule has 2 nitrogen and oxygen atoms in total. The summed E-state index contributed by atoms with van der Waals surface area (Å²) in [7, 11) is 0. The molecule has 0 aromatic heterocycles. The van der Waals surface area contributed by atoms with Crippen LogP contribution in [0, 0.1) is 3.57 Å². The van der Waals surface area contributed by atoms with Crippen LogP contribution in [0.2, 0.25) is 5.02 Å². The van der Waals surface area contributed by atoms with Crippen LogP contribution < -0.4 is 10.5 Å². The van der Waals surface area contributed by atoms with Gasteiger partial charge in [-0.1, -0.05) is 17.7 Å². The van der Waals surface area contributed by atoms with Crippen LogP contribution in [0.4, 0.5) is 0 Å². The van der Waals surface area contributed by atoms with Gasteiger partial charge in [0.1, 0.15) is 11.5 Å². The minimum Gasteiger partial charge on any atom is -0.457 e. The molecule has 0 radical (unpaired) electrons. The lowest BCUT2D eigenvalue weighted by molar-refractivity contribution is 0.482. The average molecular weight is 374 g/mol. The highest BCUT2D eigenvalue weighted by atomic mass is 127. The van der Waals surface area contributed by atoms with Crippen LogP contribution in [-0.4, -0.2) is 6.54 Å². The van der Waals surface area contributed by atoms with Gasteiger partial charge in [-0.3, -0.25) is 0 Å².